The van der Waals surface area contributed by atoms with E-state index in [1.54, 1.807) is 12.1 Å². The SMILES string of the molecule is CCCCCCCCOc1cc(N=Nc2ccc(N=Nc3c[c]c(N)c4ccccc34)cc2)ccc1Cl. The number of nitrogen functional groups attached to an aromatic ring is 1. The molecule has 0 heterocycles. The summed E-state index contributed by atoms with van der Waals surface area (Å²) in [5, 5.41) is 19.8. The van der Waals surface area contributed by atoms with Gasteiger partial charge >= 0.3 is 0 Å². The van der Waals surface area contributed by atoms with Crippen molar-refractivity contribution in [2.24, 2.45) is 20.5 Å². The largest absolute Gasteiger partial charge is 0.492 e. The first-order valence-corrected chi connectivity index (χ1v) is 13.1. The Morgan fingerprint density at radius 1 is 0.757 bits per heavy atom. The second kappa shape index (κ2) is 13.5. The van der Waals surface area contributed by atoms with Gasteiger partial charge in [0.25, 0.3) is 0 Å². The molecule has 0 aromatic heterocycles. The maximum atomic E-state index is 6.30. The van der Waals surface area contributed by atoms with Gasteiger partial charge in [-0.25, -0.2) is 0 Å². The average molecular weight is 513 g/mol. The van der Waals surface area contributed by atoms with Gasteiger partial charge in [-0.2, -0.15) is 15.3 Å². The summed E-state index contributed by atoms with van der Waals surface area (Å²) in [4.78, 5) is 0. The highest BCUT2D eigenvalue weighted by Crippen LogP contribution is 2.32. The summed E-state index contributed by atoms with van der Waals surface area (Å²) in [7, 11) is 0. The number of fused-ring (bicyclic) bond motifs is 1. The number of hydrogen-bond acceptors (Lipinski definition) is 6. The van der Waals surface area contributed by atoms with Crippen LogP contribution >= 0.6 is 11.6 Å². The third-order valence-electron chi connectivity index (χ3n) is 5.93. The molecule has 0 fully saturated rings. The van der Waals surface area contributed by atoms with Crippen molar-refractivity contribution < 1.29 is 4.74 Å². The zero-order chi connectivity index (χ0) is 25.9. The lowest BCUT2D eigenvalue weighted by molar-refractivity contribution is 0.304. The predicted octanol–water partition coefficient (Wildman–Crippen LogP) is 10.4. The first-order valence-electron chi connectivity index (χ1n) is 12.7. The summed E-state index contributed by atoms with van der Waals surface area (Å²) in [6, 6.07) is 25.4. The van der Waals surface area contributed by atoms with Crippen LogP contribution in [0, 0.1) is 6.07 Å². The van der Waals surface area contributed by atoms with Gasteiger partial charge in [0.05, 0.1) is 34.4 Å². The number of nitrogens with zero attached hydrogens (tertiary/aromatic N) is 4. The van der Waals surface area contributed by atoms with Crippen molar-refractivity contribution >= 4 is 50.8 Å². The summed E-state index contributed by atoms with van der Waals surface area (Å²) < 4.78 is 5.88. The topological polar surface area (TPSA) is 84.7 Å². The highest BCUT2D eigenvalue weighted by Gasteiger charge is 2.05. The molecular formula is C30H31ClN5O. The number of rotatable bonds is 12. The van der Waals surface area contributed by atoms with E-state index in [1.807, 2.05) is 60.7 Å². The Kier molecular flexibility index (Phi) is 9.60. The summed E-state index contributed by atoms with van der Waals surface area (Å²) in [6.07, 6.45) is 7.27. The Hall–Kier alpha value is -3.77. The molecule has 0 aliphatic heterocycles. The molecule has 0 bridgehead atoms. The van der Waals surface area contributed by atoms with E-state index in [2.05, 4.69) is 33.4 Å². The summed E-state index contributed by atoms with van der Waals surface area (Å²) in [5.41, 5.74) is 9.42. The predicted molar refractivity (Wildman–Crippen MR) is 152 cm³/mol. The number of azo groups is 2. The Morgan fingerprint density at radius 3 is 2.14 bits per heavy atom. The van der Waals surface area contributed by atoms with Crippen LogP contribution in [0.25, 0.3) is 10.8 Å². The molecule has 4 rings (SSSR count). The molecule has 0 atom stereocenters. The highest BCUT2D eigenvalue weighted by molar-refractivity contribution is 6.32. The van der Waals surface area contributed by atoms with Crippen LogP contribution in [0.4, 0.5) is 28.4 Å². The number of unbranched alkanes of at least 4 members (excludes halogenated alkanes) is 5. The number of ether oxygens (including phenoxy) is 1. The number of hydrogen-bond donors (Lipinski definition) is 1. The van der Waals surface area contributed by atoms with Gasteiger partial charge in [0.1, 0.15) is 5.75 Å². The fourth-order valence-corrected chi connectivity index (χ4v) is 4.04. The number of benzene rings is 4. The van der Waals surface area contributed by atoms with Crippen molar-refractivity contribution in [1.82, 2.24) is 0 Å². The third kappa shape index (κ3) is 7.61. The maximum Gasteiger partial charge on any atom is 0.140 e. The lowest BCUT2D eigenvalue weighted by atomic mass is 10.1. The summed E-state index contributed by atoms with van der Waals surface area (Å²) >= 11 is 6.30. The van der Waals surface area contributed by atoms with E-state index in [9.17, 15) is 0 Å². The van der Waals surface area contributed by atoms with Crippen molar-refractivity contribution in [3.05, 3.63) is 83.9 Å². The summed E-state index contributed by atoms with van der Waals surface area (Å²) in [6.45, 7) is 2.87. The third-order valence-corrected chi connectivity index (χ3v) is 6.24. The molecule has 0 saturated heterocycles. The van der Waals surface area contributed by atoms with E-state index in [1.165, 1.54) is 32.1 Å². The van der Waals surface area contributed by atoms with Crippen LogP contribution in [0.5, 0.6) is 5.75 Å². The second-order valence-electron chi connectivity index (χ2n) is 8.78. The number of anilines is 1. The molecule has 0 unspecified atom stereocenters. The van der Waals surface area contributed by atoms with E-state index in [0.29, 0.717) is 45.8 Å². The smallest absolute Gasteiger partial charge is 0.140 e. The lowest BCUT2D eigenvalue weighted by Gasteiger charge is -2.08. The van der Waals surface area contributed by atoms with Gasteiger partial charge in [-0.05, 0) is 48.9 Å². The van der Waals surface area contributed by atoms with Crippen molar-refractivity contribution in [2.75, 3.05) is 12.3 Å². The molecule has 2 N–H and O–H groups in total. The lowest BCUT2D eigenvalue weighted by Crippen LogP contribution is -1.97. The van der Waals surface area contributed by atoms with Crippen molar-refractivity contribution in [3.8, 4) is 5.75 Å². The van der Waals surface area contributed by atoms with E-state index in [0.717, 1.165) is 17.2 Å². The minimum atomic E-state index is 0.575. The van der Waals surface area contributed by atoms with Gasteiger partial charge < -0.3 is 10.5 Å². The Bertz CT molecular complexity index is 1370. The molecule has 189 valence electrons. The summed E-state index contributed by atoms with van der Waals surface area (Å²) in [5.74, 6) is 0.634. The van der Waals surface area contributed by atoms with Crippen LogP contribution in [0.15, 0.2) is 93.3 Å². The molecule has 0 aliphatic carbocycles. The van der Waals surface area contributed by atoms with E-state index < -0.39 is 0 Å². The first-order chi connectivity index (χ1) is 18.1. The molecular weight excluding hydrogens is 482 g/mol. The van der Waals surface area contributed by atoms with E-state index in [4.69, 9.17) is 22.1 Å². The number of halogens is 1. The highest BCUT2D eigenvalue weighted by atomic mass is 35.5. The minimum Gasteiger partial charge on any atom is -0.492 e. The van der Waals surface area contributed by atoms with E-state index >= 15 is 0 Å². The minimum absolute atomic E-state index is 0.575. The fourth-order valence-electron chi connectivity index (χ4n) is 3.87. The van der Waals surface area contributed by atoms with Crippen LogP contribution < -0.4 is 10.5 Å². The van der Waals surface area contributed by atoms with Crippen molar-refractivity contribution in [3.63, 3.8) is 0 Å². The van der Waals surface area contributed by atoms with Gasteiger partial charge in [0, 0.05) is 28.6 Å². The van der Waals surface area contributed by atoms with Gasteiger partial charge in [-0.15, -0.1) is 5.11 Å². The zero-order valence-electron chi connectivity index (χ0n) is 21.0. The molecule has 6 nitrogen and oxygen atoms in total. The quantitative estimate of drug-likeness (QED) is 0.116. The van der Waals surface area contributed by atoms with E-state index in [-0.39, 0.29) is 0 Å². The van der Waals surface area contributed by atoms with Crippen LogP contribution in [-0.2, 0) is 0 Å². The van der Waals surface area contributed by atoms with Crippen molar-refractivity contribution in [2.45, 2.75) is 45.4 Å². The van der Waals surface area contributed by atoms with Crippen LogP contribution in [0.1, 0.15) is 45.4 Å². The standard InChI is InChI=1S/C30H31ClN5O/c1-2-3-4-5-6-9-20-37-30-21-24(16-17-27(30)31)35-33-22-12-14-23(15-13-22)34-36-29-19-18-28(32)25-10-7-8-11-26(25)29/h7-8,10-17,19,21H,2-6,9,20,32H2,1H3. The first kappa shape index (κ1) is 26.3. The Labute approximate surface area is 223 Å². The monoisotopic (exact) mass is 512 g/mol. The molecule has 4 aromatic carbocycles. The van der Waals surface area contributed by atoms with Crippen LogP contribution in [-0.4, -0.2) is 6.61 Å². The zero-order valence-corrected chi connectivity index (χ0v) is 21.8. The van der Waals surface area contributed by atoms with Gasteiger partial charge in [-0.3, -0.25) is 0 Å². The Balaban J connectivity index is 1.35. The van der Waals surface area contributed by atoms with Crippen LogP contribution in [0.3, 0.4) is 0 Å². The molecule has 1 radical (unpaired) electrons. The van der Waals surface area contributed by atoms with Gasteiger partial charge in [0.15, 0.2) is 0 Å². The number of nitrogens with two attached hydrogens (primary N) is 1. The molecule has 0 amide bonds. The average Bonchev–Trinajstić information content (AvgIpc) is 2.93. The molecule has 7 heteroatoms. The molecule has 0 saturated carbocycles. The fraction of sp³-hybridized carbons (Fsp3) is 0.267. The maximum absolute atomic E-state index is 6.30. The van der Waals surface area contributed by atoms with Gasteiger partial charge in [-0.1, -0.05) is 74.9 Å². The normalized spacial score (nSPS) is 11.6. The second-order valence-corrected chi connectivity index (χ2v) is 9.19. The molecule has 37 heavy (non-hydrogen) atoms. The van der Waals surface area contributed by atoms with Gasteiger partial charge in [0.2, 0.25) is 0 Å². The molecule has 0 spiro atoms. The Morgan fingerprint density at radius 2 is 1.38 bits per heavy atom. The molecule has 4 aromatic rings. The molecule has 0 aliphatic rings. The van der Waals surface area contributed by atoms with Crippen LogP contribution in [0.2, 0.25) is 5.02 Å². The van der Waals surface area contributed by atoms with Crippen molar-refractivity contribution in [1.29, 1.82) is 0 Å².